The Hall–Kier alpha value is -3.84. The molecule has 0 radical (unpaired) electrons. The van der Waals surface area contributed by atoms with Crippen LogP contribution in [0, 0.1) is 0 Å². The van der Waals surface area contributed by atoms with Crippen LogP contribution < -0.4 is 16.0 Å². The maximum Gasteiger partial charge on any atom is 0.408 e. The van der Waals surface area contributed by atoms with Gasteiger partial charge in [0.15, 0.2) is 5.54 Å². The fraction of sp³-hybridized carbons (Fsp3) is 0.629. The zero-order chi connectivity index (χ0) is 36.6. The monoisotopic (exact) mass is 709 g/mol. The summed E-state index contributed by atoms with van der Waals surface area (Å²) >= 11 is 6.54. The molecule has 14 heteroatoms. The number of amides is 2. The lowest BCUT2D eigenvalue weighted by Gasteiger charge is -2.41. The lowest BCUT2D eigenvalue weighted by Crippen LogP contribution is -2.59. The highest BCUT2D eigenvalue weighted by molar-refractivity contribution is 6.31. The number of hydrogen-bond donors (Lipinski definition) is 3. The molecule has 1 aromatic rings. The molecule has 0 saturated heterocycles. The fourth-order valence-corrected chi connectivity index (χ4v) is 5.64. The second-order valence-corrected chi connectivity index (χ2v) is 13.2. The molecule has 1 aliphatic rings. The Bertz CT molecular complexity index is 1330. The van der Waals surface area contributed by atoms with Gasteiger partial charge in [0.25, 0.3) is 0 Å². The first-order valence-electron chi connectivity index (χ1n) is 16.7. The number of unbranched alkanes of at least 4 members (excludes halogenated alkanes) is 2. The molecule has 13 nitrogen and oxygen atoms in total. The molecule has 0 aromatic heterocycles. The highest BCUT2D eigenvalue weighted by atomic mass is 35.5. The van der Waals surface area contributed by atoms with E-state index in [1.807, 2.05) is 6.92 Å². The SMILES string of the molecule is CCCCCOC(=O)[C@H](CCC(=O)NCCOCC1(C(=O)OCC)CC(c2ccccc2Cl)C(C(=O)OC)=C(C)N1)NC(=O)OC(C)(C)C. The molecule has 1 aromatic carbocycles. The number of rotatable bonds is 18. The van der Waals surface area contributed by atoms with Crippen molar-refractivity contribution in [3.63, 3.8) is 0 Å². The van der Waals surface area contributed by atoms with Crippen molar-refractivity contribution < 1.29 is 47.7 Å². The number of alkyl carbamates (subject to hydrolysis) is 1. The second kappa shape index (κ2) is 20.0. The van der Waals surface area contributed by atoms with E-state index in [-0.39, 0.29) is 58.1 Å². The number of hydrogen-bond acceptors (Lipinski definition) is 11. The van der Waals surface area contributed by atoms with Crippen molar-refractivity contribution in [1.29, 1.82) is 0 Å². The third kappa shape index (κ3) is 13.2. The van der Waals surface area contributed by atoms with Crippen molar-refractivity contribution in [3.05, 3.63) is 46.1 Å². The predicted molar refractivity (Wildman–Crippen MR) is 183 cm³/mol. The molecule has 3 atom stereocenters. The van der Waals surface area contributed by atoms with Crippen molar-refractivity contribution in [2.24, 2.45) is 0 Å². The van der Waals surface area contributed by atoms with E-state index in [0.29, 0.717) is 28.3 Å². The Labute approximate surface area is 294 Å². The maximum atomic E-state index is 13.4. The summed E-state index contributed by atoms with van der Waals surface area (Å²) in [6.45, 7) is 10.8. The van der Waals surface area contributed by atoms with E-state index in [2.05, 4.69) is 16.0 Å². The highest BCUT2D eigenvalue weighted by Gasteiger charge is 2.49. The summed E-state index contributed by atoms with van der Waals surface area (Å²) in [6.07, 6.45) is 1.75. The molecule has 0 aliphatic carbocycles. The number of carbonyl (C=O) groups is 5. The average molecular weight is 710 g/mol. The van der Waals surface area contributed by atoms with Crippen LogP contribution in [0.25, 0.3) is 0 Å². The summed E-state index contributed by atoms with van der Waals surface area (Å²) in [6, 6.07) is 6.00. The van der Waals surface area contributed by atoms with Crippen LogP contribution in [0.15, 0.2) is 35.5 Å². The Morgan fingerprint density at radius 1 is 1.06 bits per heavy atom. The zero-order valence-corrected chi connectivity index (χ0v) is 30.5. The minimum Gasteiger partial charge on any atom is -0.466 e. The summed E-state index contributed by atoms with van der Waals surface area (Å²) in [5, 5.41) is 8.82. The first-order chi connectivity index (χ1) is 23.2. The topological polar surface area (TPSA) is 168 Å². The Balaban J connectivity index is 2.06. The van der Waals surface area contributed by atoms with Crippen LogP contribution in [0.3, 0.4) is 0 Å². The molecule has 1 heterocycles. The molecule has 2 rings (SSSR count). The van der Waals surface area contributed by atoms with Gasteiger partial charge in [0, 0.05) is 29.6 Å². The predicted octanol–water partition coefficient (Wildman–Crippen LogP) is 4.71. The molecule has 0 fully saturated rings. The summed E-state index contributed by atoms with van der Waals surface area (Å²) in [5.41, 5.74) is -0.734. The number of benzene rings is 1. The number of halogens is 1. The van der Waals surface area contributed by atoms with Crippen LogP contribution in [-0.2, 0) is 42.9 Å². The molecule has 3 N–H and O–H groups in total. The van der Waals surface area contributed by atoms with E-state index >= 15 is 0 Å². The minimum absolute atomic E-state index is 0.00793. The smallest absolute Gasteiger partial charge is 0.408 e. The molecular formula is C35H52ClN3O10. The van der Waals surface area contributed by atoms with Crippen LogP contribution in [-0.4, -0.2) is 87.2 Å². The van der Waals surface area contributed by atoms with Crippen LogP contribution in [0.1, 0.15) is 91.5 Å². The largest absolute Gasteiger partial charge is 0.466 e. The van der Waals surface area contributed by atoms with Crippen molar-refractivity contribution >= 4 is 41.5 Å². The van der Waals surface area contributed by atoms with E-state index in [0.717, 1.165) is 12.8 Å². The Morgan fingerprint density at radius 2 is 1.78 bits per heavy atom. The van der Waals surface area contributed by atoms with Crippen molar-refractivity contribution in [2.75, 3.05) is 40.1 Å². The van der Waals surface area contributed by atoms with E-state index in [1.165, 1.54) is 7.11 Å². The number of carbonyl (C=O) groups excluding carboxylic acids is 5. The van der Waals surface area contributed by atoms with Gasteiger partial charge >= 0.3 is 24.0 Å². The summed E-state index contributed by atoms with van der Waals surface area (Å²) in [5.74, 6) is -2.74. The molecule has 0 spiro atoms. The zero-order valence-electron chi connectivity index (χ0n) is 29.7. The number of ether oxygens (including phenoxy) is 5. The summed E-state index contributed by atoms with van der Waals surface area (Å²) < 4.78 is 27.0. The molecule has 2 amide bonds. The van der Waals surface area contributed by atoms with Crippen LogP contribution in [0.5, 0.6) is 0 Å². The van der Waals surface area contributed by atoms with E-state index in [1.54, 1.807) is 58.9 Å². The minimum atomic E-state index is -1.37. The van der Waals surface area contributed by atoms with Crippen molar-refractivity contribution in [1.82, 2.24) is 16.0 Å². The second-order valence-electron chi connectivity index (χ2n) is 12.8. The third-order valence-electron chi connectivity index (χ3n) is 7.63. The fourth-order valence-electron chi connectivity index (χ4n) is 5.37. The Morgan fingerprint density at radius 3 is 2.41 bits per heavy atom. The summed E-state index contributed by atoms with van der Waals surface area (Å²) in [4.78, 5) is 64.0. The van der Waals surface area contributed by atoms with Crippen LogP contribution in [0.4, 0.5) is 4.79 Å². The average Bonchev–Trinajstić information content (AvgIpc) is 3.03. The summed E-state index contributed by atoms with van der Waals surface area (Å²) in [7, 11) is 1.29. The van der Waals surface area contributed by atoms with Gasteiger partial charge in [0.2, 0.25) is 5.91 Å². The van der Waals surface area contributed by atoms with E-state index in [4.69, 9.17) is 35.3 Å². The van der Waals surface area contributed by atoms with Crippen molar-refractivity contribution in [3.8, 4) is 0 Å². The first kappa shape index (κ1) is 41.3. The lowest BCUT2D eigenvalue weighted by molar-refractivity contribution is -0.155. The van der Waals surface area contributed by atoms with E-state index < -0.39 is 47.1 Å². The van der Waals surface area contributed by atoms with Gasteiger partial charge in [-0.1, -0.05) is 49.6 Å². The maximum absolute atomic E-state index is 13.4. The Kier molecular flexibility index (Phi) is 16.9. The first-order valence-corrected chi connectivity index (χ1v) is 17.0. The van der Waals surface area contributed by atoms with Gasteiger partial charge in [0.1, 0.15) is 11.6 Å². The number of methoxy groups -OCH3 is 1. The molecular weight excluding hydrogens is 658 g/mol. The molecule has 2 unspecified atom stereocenters. The lowest BCUT2D eigenvalue weighted by atomic mass is 9.75. The van der Waals surface area contributed by atoms with Gasteiger partial charge < -0.3 is 39.6 Å². The van der Waals surface area contributed by atoms with Gasteiger partial charge in [-0.3, -0.25) is 4.79 Å². The van der Waals surface area contributed by atoms with Gasteiger partial charge in [-0.15, -0.1) is 0 Å². The standard InChI is InChI=1S/C35H52ClN3O10/c1-8-10-13-19-48-30(41)27(38-33(44)49-34(4,5)6)16-17-28(40)37-18-20-46-22-35(32(43)47-9-2)21-25(24-14-11-12-15-26(24)36)29(23(3)39-35)31(42)45-7/h11-12,14-15,25,27,39H,8-10,13,16-22H2,1-7H3,(H,37,40)(H,38,44)/t25?,27-,35?/m0/s1. The molecule has 49 heavy (non-hydrogen) atoms. The number of nitrogens with one attached hydrogen (secondary N) is 3. The van der Waals surface area contributed by atoms with Gasteiger partial charge in [-0.2, -0.15) is 0 Å². The van der Waals surface area contributed by atoms with Crippen LogP contribution in [0.2, 0.25) is 5.02 Å². The molecule has 0 bridgehead atoms. The molecule has 1 aliphatic heterocycles. The van der Waals surface area contributed by atoms with E-state index in [9.17, 15) is 24.0 Å². The third-order valence-corrected chi connectivity index (χ3v) is 7.97. The van der Waals surface area contributed by atoms with Gasteiger partial charge in [0.05, 0.1) is 39.1 Å². The molecule has 0 saturated carbocycles. The number of esters is 3. The van der Waals surface area contributed by atoms with Gasteiger partial charge in [-0.05, 0) is 65.5 Å². The number of allylic oxidation sites excluding steroid dienone is 1. The van der Waals surface area contributed by atoms with Gasteiger partial charge in [-0.25, -0.2) is 19.2 Å². The highest BCUT2D eigenvalue weighted by Crippen LogP contribution is 2.42. The van der Waals surface area contributed by atoms with Crippen molar-refractivity contribution in [2.45, 2.75) is 103 Å². The molecule has 274 valence electrons. The van der Waals surface area contributed by atoms with Crippen LogP contribution >= 0.6 is 11.6 Å². The quantitative estimate of drug-likeness (QED) is 0.110. The normalized spacial score (nSPS) is 18.1.